The van der Waals surface area contributed by atoms with Gasteiger partial charge in [-0.15, -0.1) is 0 Å². The third-order valence-corrected chi connectivity index (χ3v) is 5.95. The Kier molecular flexibility index (Phi) is 4.36. The summed E-state index contributed by atoms with van der Waals surface area (Å²) in [5.74, 6) is 0.173. The highest BCUT2D eigenvalue weighted by Crippen LogP contribution is 2.35. The third-order valence-electron chi connectivity index (χ3n) is 5.95. The number of nitrogens with zero attached hydrogens (tertiary/aromatic N) is 2. The number of aryl methyl sites for hydroxylation is 1. The number of oxazole rings is 1. The highest BCUT2D eigenvalue weighted by atomic mass is 16.4. The molecule has 3 heterocycles. The van der Waals surface area contributed by atoms with E-state index in [2.05, 4.69) is 20.9 Å². The van der Waals surface area contributed by atoms with Crippen LogP contribution in [0.25, 0.3) is 22.0 Å². The molecular formula is C23H23N3O3. The number of fused-ring (bicyclic) bond motifs is 2. The fourth-order valence-corrected chi connectivity index (χ4v) is 4.44. The summed E-state index contributed by atoms with van der Waals surface area (Å²) in [5, 5.41) is 11.0. The van der Waals surface area contributed by atoms with E-state index >= 15 is 0 Å². The number of benzene rings is 2. The minimum absolute atomic E-state index is 0.221. The number of aliphatic carboxylic acids is 1. The fraction of sp³-hybridized carbons (Fsp3) is 0.304. The standard InChI is InChI=1S/C23H23N3O3/c1-14-6-7-18-16(12-14)17(13-24-18)21(23(27)28)26-10-8-15(9-11-26)22-25-19-4-2-3-5-20(19)29-22/h2-7,12-13,15,21,24H,8-11H2,1H3,(H,27,28)/t21-/m0/s1. The molecule has 6 heteroatoms. The lowest BCUT2D eigenvalue weighted by Crippen LogP contribution is -2.39. The van der Waals surface area contributed by atoms with Gasteiger partial charge in [-0.05, 0) is 44.0 Å². The Balaban J connectivity index is 1.38. The van der Waals surface area contributed by atoms with Gasteiger partial charge in [0.1, 0.15) is 11.6 Å². The first-order valence-electron chi connectivity index (χ1n) is 10.00. The first-order chi connectivity index (χ1) is 14.1. The molecule has 2 aromatic carbocycles. The molecule has 1 saturated heterocycles. The van der Waals surface area contributed by atoms with Gasteiger partial charge in [-0.2, -0.15) is 0 Å². The predicted octanol–water partition coefficient (Wildman–Crippen LogP) is 4.62. The number of nitrogens with one attached hydrogen (secondary N) is 1. The molecule has 6 nitrogen and oxygen atoms in total. The van der Waals surface area contributed by atoms with Crippen molar-refractivity contribution in [1.29, 1.82) is 0 Å². The molecule has 0 amide bonds. The molecule has 0 aliphatic carbocycles. The first-order valence-corrected chi connectivity index (χ1v) is 10.00. The number of hydrogen-bond donors (Lipinski definition) is 2. The van der Waals surface area contributed by atoms with Gasteiger partial charge >= 0.3 is 5.97 Å². The zero-order chi connectivity index (χ0) is 20.0. The van der Waals surface area contributed by atoms with Gasteiger partial charge in [-0.3, -0.25) is 9.69 Å². The number of aromatic nitrogens is 2. The molecule has 5 rings (SSSR count). The van der Waals surface area contributed by atoms with Crippen molar-refractivity contribution < 1.29 is 14.3 Å². The van der Waals surface area contributed by atoms with E-state index in [-0.39, 0.29) is 5.92 Å². The minimum Gasteiger partial charge on any atom is -0.480 e. The number of carboxylic acids is 1. The lowest BCUT2D eigenvalue weighted by Gasteiger charge is -2.34. The summed E-state index contributed by atoms with van der Waals surface area (Å²) >= 11 is 0. The van der Waals surface area contributed by atoms with Crippen LogP contribution < -0.4 is 0 Å². The summed E-state index contributed by atoms with van der Waals surface area (Å²) in [5.41, 5.74) is 4.61. The molecule has 0 bridgehead atoms. The maximum atomic E-state index is 12.2. The van der Waals surface area contributed by atoms with Crippen LogP contribution in [0.1, 0.15) is 41.8 Å². The normalized spacial score (nSPS) is 17.1. The van der Waals surface area contributed by atoms with Crippen molar-refractivity contribution in [3.63, 3.8) is 0 Å². The number of carboxylic acid groups (broad SMARTS) is 1. The van der Waals surface area contributed by atoms with E-state index in [1.807, 2.05) is 49.5 Å². The van der Waals surface area contributed by atoms with Crippen LogP contribution in [-0.4, -0.2) is 39.0 Å². The smallest absolute Gasteiger partial charge is 0.325 e. The monoisotopic (exact) mass is 389 g/mol. The average molecular weight is 389 g/mol. The van der Waals surface area contributed by atoms with Crippen molar-refractivity contribution in [2.45, 2.75) is 31.7 Å². The first kappa shape index (κ1) is 17.9. The number of H-pyrrole nitrogens is 1. The Morgan fingerprint density at radius 2 is 2.03 bits per heavy atom. The van der Waals surface area contributed by atoms with Gasteiger partial charge < -0.3 is 14.5 Å². The highest BCUT2D eigenvalue weighted by molar-refractivity contribution is 5.89. The van der Waals surface area contributed by atoms with Gasteiger partial charge in [0.2, 0.25) is 0 Å². The zero-order valence-electron chi connectivity index (χ0n) is 16.3. The molecule has 1 fully saturated rings. The predicted molar refractivity (Wildman–Crippen MR) is 111 cm³/mol. The van der Waals surface area contributed by atoms with E-state index in [0.717, 1.165) is 51.9 Å². The van der Waals surface area contributed by atoms with Crippen molar-refractivity contribution in [2.24, 2.45) is 0 Å². The average Bonchev–Trinajstić information content (AvgIpc) is 3.33. The largest absolute Gasteiger partial charge is 0.480 e. The van der Waals surface area contributed by atoms with Gasteiger partial charge in [0, 0.05) is 41.7 Å². The molecule has 0 radical (unpaired) electrons. The maximum absolute atomic E-state index is 12.2. The number of hydrogen-bond acceptors (Lipinski definition) is 4. The van der Waals surface area contributed by atoms with Gasteiger partial charge in [0.15, 0.2) is 11.5 Å². The number of likely N-dealkylation sites (tertiary alicyclic amines) is 1. The maximum Gasteiger partial charge on any atom is 0.325 e. The zero-order valence-corrected chi connectivity index (χ0v) is 16.3. The second-order valence-corrected chi connectivity index (χ2v) is 7.86. The van der Waals surface area contributed by atoms with Gasteiger partial charge in [0.25, 0.3) is 0 Å². The third kappa shape index (κ3) is 3.19. The SMILES string of the molecule is Cc1ccc2[nH]cc([C@@H](C(=O)O)N3CCC(c4nc5ccccc5o4)CC3)c2c1. The molecular weight excluding hydrogens is 366 g/mol. The molecule has 1 aliphatic rings. The summed E-state index contributed by atoms with van der Waals surface area (Å²) in [6, 6.07) is 13.2. The summed E-state index contributed by atoms with van der Waals surface area (Å²) in [6.45, 7) is 3.41. The molecule has 0 spiro atoms. The van der Waals surface area contributed by atoms with Crippen LogP contribution in [0.15, 0.2) is 53.1 Å². The molecule has 148 valence electrons. The summed E-state index contributed by atoms with van der Waals surface area (Å²) in [7, 11) is 0. The van der Waals surface area contributed by atoms with E-state index in [9.17, 15) is 9.90 Å². The summed E-state index contributed by atoms with van der Waals surface area (Å²) < 4.78 is 5.94. The van der Waals surface area contributed by atoms with E-state index in [1.165, 1.54) is 0 Å². The topological polar surface area (TPSA) is 82.4 Å². The molecule has 4 aromatic rings. The number of para-hydroxylation sites is 2. The van der Waals surface area contributed by atoms with Crippen LogP contribution in [0.5, 0.6) is 0 Å². The number of rotatable bonds is 4. The van der Waals surface area contributed by atoms with Gasteiger partial charge in [-0.1, -0.05) is 23.8 Å². The Morgan fingerprint density at radius 3 is 2.79 bits per heavy atom. The number of aromatic amines is 1. The Bertz CT molecular complexity index is 1150. The number of carbonyl (C=O) groups is 1. The van der Waals surface area contributed by atoms with Crippen molar-refractivity contribution in [2.75, 3.05) is 13.1 Å². The van der Waals surface area contributed by atoms with Crippen LogP contribution in [0.2, 0.25) is 0 Å². The fourth-order valence-electron chi connectivity index (χ4n) is 4.44. The second kappa shape index (κ2) is 7.04. The quantitative estimate of drug-likeness (QED) is 0.532. The molecule has 0 unspecified atom stereocenters. The van der Waals surface area contributed by atoms with Crippen LogP contribution in [0.3, 0.4) is 0 Å². The van der Waals surface area contributed by atoms with Crippen molar-refractivity contribution in [1.82, 2.24) is 14.9 Å². The van der Waals surface area contributed by atoms with Crippen LogP contribution in [-0.2, 0) is 4.79 Å². The lowest BCUT2D eigenvalue weighted by molar-refractivity contribution is -0.144. The molecule has 2 aromatic heterocycles. The van der Waals surface area contributed by atoms with Crippen LogP contribution in [0.4, 0.5) is 0 Å². The Morgan fingerprint density at radius 1 is 1.24 bits per heavy atom. The van der Waals surface area contributed by atoms with E-state index < -0.39 is 12.0 Å². The minimum atomic E-state index is -0.812. The summed E-state index contributed by atoms with van der Waals surface area (Å²) in [4.78, 5) is 22.1. The molecule has 0 saturated carbocycles. The lowest BCUT2D eigenvalue weighted by atomic mass is 9.94. The summed E-state index contributed by atoms with van der Waals surface area (Å²) in [6.07, 6.45) is 3.51. The highest BCUT2D eigenvalue weighted by Gasteiger charge is 2.34. The van der Waals surface area contributed by atoms with Crippen molar-refractivity contribution in [3.05, 3.63) is 65.7 Å². The van der Waals surface area contributed by atoms with Gasteiger partial charge in [-0.25, -0.2) is 4.98 Å². The second-order valence-electron chi connectivity index (χ2n) is 7.86. The van der Waals surface area contributed by atoms with E-state index in [4.69, 9.17) is 4.42 Å². The Hall–Kier alpha value is -3.12. The Labute approximate surface area is 168 Å². The molecule has 2 N–H and O–H groups in total. The van der Waals surface area contributed by atoms with Crippen LogP contribution >= 0.6 is 0 Å². The van der Waals surface area contributed by atoms with Crippen LogP contribution in [0, 0.1) is 6.92 Å². The number of piperidine rings is 1. The van der Waals surface area contributed by atoms with E-state index in [1.54, 1.807) is 0 Å². The van der Waals surface area contributed by atoms with Crippen molar-refractivity contribution in [3.8, 4) is 0 Å². The molecule has 1 aliphatic heterocycles. The molecule has 29 heavy (non-hydrogen) atoms. The van der Waals surface area contributed by atoms with E-state index in [0.29, 0.717) is 13.1 Å². The van der Waals surface area contributed by atoms with Gasteiger partial charge in [0.05, 0.1) is 0 Å². The van der Waals surface area contributed by atoms with Crippen molar-refractivity contribution >= 4 is 28.0 Å². The molecule has 1 atom stereocenters.